The maximum Gasteiger partial charge on any atom is 0.389 e. The van der Waals surface area contributed by atoms with Crippen LogP contribution in [-0.4, -0.2) is 43.1 Å². The maximum absolute atomic E-state index is 11.9. The summed E-state index contributed by atoms with van der Waals surface area (Å²) in [7, 11) is -2.18. The zero-order chi connectivity index (χ0) is 13.7. The van der Waals surface area contributed by atoms with Crippen molar-refractivity contribution in [2.24, 2.45) is 0 Å². The van der Waals surface area contributed by atoms with E-state index < -0.39 is 28.4 Å². The van der Waals surface area contributed by atoms with Gasteiger partial charge in [0.2, 0.25) is 10.0 Å². The molecular formula is C9H17BrF3NO2S. The molecule has 0 aliphatic heterocycles. The normalized spacial score (nSPS) is 15.2. The highest BCUT2D eigenvalue weighted by molar-refractivity contribution is 9.09. The number of hydrogen-bond donors (Lipinski definition) is 0. The van der Waals surface area contributed by atoms with E-state index in [9.17, 15) is 21.6 Å². The Kier molecular flexibility index (Phi) is 7.01. The van der Waals surface area contributed by atoms with E-state index >= 15 is 0 Å². The SMILES string of the molecule is CC(Br)CCN(C)S(=O)(=O)CCCC(F)(F)F. The molecule has 17 heavy (non-hydrogen) atoms. The summed E-state index contributed by atoms with van der Waals surface area (Å²) in [6, 6.07) is 0. The number of rotatable bonds is 7. The number of halogens is 4. The van der Waals surface area contributed by atoms with Crippen molar-refractivity contribution in [2.75, 3.05) is 19.3 Å². The molecule has 0 bridgehead atoms. The topological polar surface area (TPSA) is 37.4 Å². The zero-order valence-electron chi connectivity index (χ0n) is 9.80. The Balaban J connectivity index is 4.10. The van der Waals surface area contributed by atoms with Gasteiger partial charge in [-0.25, -0.2) is 12.7 Å². The average molecular weight is 340 g/mol. The molecule has 3 nitrogen and oxygen atoms in total. The summed E-state index contributed by atoms with van der Waals surface area (Å²) in [5, 5.41) is 0. The van der Waals surface area contributed by atoms with Gasteiger partial charge in [-0.3, -0.25) is 0 Å². The fourth-order valence-electron chi connectivity index (χ4n) is 1.11. The van der Waals surface area contributed by atoms with Gasteiger partial charge in [0.1, 0.15) is 0 Å². The van der Waals surface area contributed by atoms with Crippen molar-refractivity contribution < 1.29 is 21.6 Å². The van der Waals surface area contributed by atoms with Crippen molar-refractivity contribution >= 4 is 26.0 Å². The minimum Gasteiger partial charge on any atom is -0.212 e. The van der Waals surface area contributed by atoms with Gasteiger partial charge in [-0.1, -0.05) is 22.9 Å². The first-order valence-corrected chi connectivity index (χ1v) is 7.72. The van der Waals surface area contributed by atoms with Crippen LogP contribution in [0.4, 0.5) is 13.2 Å². The van der Waals surface area contributed by atoms with Crippen LogP contribution in [0, 0.1) is 0 Å². The summed E-state index contributed by atoms with van der Waals surface area (Å²) >= 11 is 3.28. The van der Waals surface area contributed by atoms with Gasteiger partial charge >= 0.3 is 6.18 Å². The van der Waals surface area contributed by atoms with Gasteiger partial charge in [-0.2, -0.15) is 13.2 Å². The Labute approximate surface area is 109 Å². The summed E-state index contributed by atoms with van der Waals surface area (Å²) in [6.45, 7) is 2.19. The largest absolute Gasteiger partial charge is 0.389 e. The van der Waals surface area contributed by atoms with Crippen LogP contribution in [0.25, 0.3) is 0 Å². The molecule has 0 aromatic carbocycles. The van der Waals surface area contributed by atoms with Crippen LogP contribution < -0.4 is 0 Å². The number of alkyl halides is 4. The van der Waals surface area contributed by atoms with Gasteiger partial charge in [-0.15, -0.1) is 0 Å². The van der Waals surface area contributed by atoms with E-state index in [1.807, 2.05) is 6.92 Å². The second kappa shape index (κ2) is 6.94. The standard InChI is InChI=1S/C9H17BrF3NO2S/c1-8(10)4-6-14(2)17(15,16)7-3-5-9(11,12)13/h8H,3-7H2,1-2H3. The molecule has 0 amide bonds. The molecule has 0 rings (SSSR count). The molecule has 0 fully saturated rings. The first-order chi connectivity index (χ1) is 7.54. The minimum atomic E-state index is -4.29. The highest BCUT2D eigenvalue weighted by Crippen LogP contribution is 2.22. The minimum absolute atomic E-state index is 0.176. The van der Waals surface area contributed by atoms with Crippen LogP contribution in [0.1, 0.15) is 26.2 Å². The fourth-order valence-corrected chi connectivity index (χ4v) is 2.52. The molecule has 0 aliphatic carbocycles. The first-order valence-electron chi connectivity index (χ1n) is 5.19. The Bertz CT molecular complexity index is 317. The molecule has 0 aliphatic rings. The van der Waals surface area contributed by atoms with Gasteiger partial charge in [0.05, 0.1) is 5.75 Å². The summed E-state index contributed by atoms with van der Waals surface area (Å²) in [5.74, 6) is -0.459. The predicted molar refractivity (Wildman–Crippen MR) is 64.7 cm³/mol. The molecular weight excluding hydrogens is 323 g/mol. The molecule has 0 saturated heterocycles. The van der Waals surface area contributed by atoms with Crippen molar-refractivity contribution in [1.82, 2.24) is 4.31 Å². The van der Waals surface area contributed by atoms with E-state index in [0.717, 1.165) is 4.31 Å². The third-order valence-corrected chi connectivity index (χ3v) is 4.57. The smallest absolute Gasteiger partial charge is 0.212 e. The van der Waals surface area contributed by atoms with E-state index in [4.69, 9.17) is 0 Å². The Hall–Kier alpha value is 0.180. The summed E-state index contributed by atoms with van der Waals surface area (Å²) in [5.41, 5.74) is 0. The first kappa shape index (κ1) is 17.2. The highest BCUT2D eigenvalue weighted by atomic mass is 79.9. The van der Waals surface area contributed by atoms with Crippen molar-refractivity contribution in [3.05, 3.63) is 0 Å². The van der Waals surface area contributed by atoms with Crippen LogP contribution in [-0.2, 0) is 10.0 Å². The molecule has 0 N–H and O–H groups in total. The van der Waals surface area contributed by atoms with Gasteiger partial charge in [0.25, 0.3) is 0 Å². The molecule has 1 atom stereocenters. The van der Waals surface area contributed by atoms with Gasteiger partial charge < -0.3 is 0 Å². The third kappa shape index (κ3) is 8.84. The van der Waals surface area contributed by atoms with E-state index in [0.29, 0.717) is 13.0 Å². The summed E-state index contributed by atoms with van der Waals surface area (Å²) in [6.07, 6.45) is -5.12. The molecule has 104 valence electrons. The molecule has 0 saturated carbocycles. The lowest BCUT2D eigenvalue weighted by atomic mass is 10.3. The van der Waals surface area contributed by atoms with Crippen molar-refractivity contribution in [3.63, 3.8) is 0 Å². The lowest BCUT2D eigenvalue weighted by molar-refractivity contribution is -0.134. The van der Waals surface area contributed by atoms with Crippen molar-refractivity contribution in [3.8, 4) is 0 Å². The Morgan fingerprint density at radius 3 is 2.29 bits per heavy atom. The Morgan fingerprint density at radius 1 is 1.35 bits per heavy atom. The van der Waals surface area contributed by atoms with Gasteiger partial charge in [0, 0.05) is 24.8 Å². The maximum atomic E-state index is 11.9. The van der Waals surface area contributed by atoms with Gasteiger partial charge in [0.15, 0.2) is 0 Å². The van der Waals surface area contributed by atoms with E-state index in [-0.39, 0.29) is 11.2 Å². The molecule has 0 aromatic heterocycles. The van der Waals surface area contributed by atoms with Crippen molar-refractivity contribution in [2.45, 2.75) is 37.2 Å². The lowest BCUT2D eigenvalue weighted by Gasteiger charge is -2.17. The molecule has 1 unspecified atom stereocenters. The fraction of sp³-hybridized carbons (Fsp3) is 1.00. The monoisotopic (exact) mass is 339 g/mol. The number of sulfonamides is 1. The Morgan fingerprint density at radius 2 is 1.88 bits per heavy atom. The summed E-state index contributed by atoms with van der Waals surface area (Å²) < 4.78 is 59.9. The van der Waals surface area contributed by atoms with Gasteiger partial charge in [-0.05, 0) is 12.8 Å². The van der Waals surface area contributed by atoms with Crippen LogP contribution in [0.15, 0.2) is 0 Å². The molecule has 8 heteroatoms. The predicted octanol–water partition coefficient (Wildman–Crippen LogP) is 2.76. The number of hydrogen-bond acceptors (Lipinski definition) is 2. The summed E-state index contributed by atoms with van der Waals surface area (Å²) in [4.78, 5) is 0.176. The van der Waals surface area contributed by atoms with E-state index in [1.54, 1.807) is 0 Å². The van der Waals surface area contributed by atoms with Crippen molar-refractivity contribution in [1.29, 1.82) is 0 Å². The highest BCUT2D eigenvalue weighted by Gasteiger charge is 2.28. The van der Waals surface area contributed by atoms with Crippen LogP contribution in [0.2, 0.25) is 0 Å². The quantitative estimate of drug-likeness (QED) is 0.669. The molecule has 0 radical (unpaired) electrons. The van der Waals surface area contributed by atoms with E-state index in [1.165, 1.54) is 7.05 Å². The zero-order valence-corrected chi connectivity index (χ0v) is 12.2. The number of nitrogens with zero attached hydrogens (tertiary/aromatic N) is 1. The average Bonchev–Trinajstić information content (AvgIpc) is 2.11. The second-order valence-electron chi connectivity index (χ2n) is 3.93. The lowest BCUT2D eigenvalue weighted by Crippen LogP contribution is -2.31. The van der Waals surface area contributed by atoms with E-state index in [2.05, 4.69) is 15.9 Å². The second-order valence-corrected chi connectivity index (χ2v) is 7.68. The van der Waals surface area contributed by atoms with Crippen LogP contribution >= 0.6 is 15.9 Å². The van der Waals surface area contributed by atoms with Crippen LogP contribution in [0.3, 0.4) is 0 Å². The molecule has 0 spiro atoms. The third-order valence-electron chi connectivity index (χ3n) is 2.18. The molecule has 0 aromatic rings. The van der Waals surface area contributed by atoms with Crippen LogP contribution in [0.5, 0.6) is 0 Å². The molecule has 0 heterocycles.